The number of rotatable bonds is 8. The van der Waals surface area contributed by atoms with Crippen LogP contribution in [0.5, 0.6) is 5.75 Å². The Hall–Kier alpha value is -1.19. The van der Waals surface area contributed by atoms with Gasteiger partial charge in [0.25, 0.3) is 0 Å². The van der Waals surface area contributed by atoms with Crippen molar-refractivity contribution >= 4 is 17.3 Å². The van der Waals surface area contributed by atoms with Gasteiger partial charge in [0.2, 0.25) is 0 Å². The van der Waals surface area contributed by atoms with Crippen molar-refractivity contribution < 1.29 is 4.74 Å². The molecule has 4 rings (SSSR count). The lowest BCUT2D eigenvalue weighted by Gasteiger charge is -2.13. The second-order valence-corrected chi connectivity index (χ2v) is 8.49. The predicted molar refractivity (Wildman–Crippen MR) is 103 cm³/mol. The summed E-state index contributed by atoms with van der Waals surface area (Å²) in [7, 11) is 2.06. The lowest BCUT2D eigenvalue weighted by Crippen LogP contribution is -2.23. The number of hydrogen-bond acceptors (Lipinski definition) is 3. The molecule has 24 heavy (non-hydrogen) atoms. The summed E-state index contributed by atoms with van der Waals surface area (Å²) in [6.07, 6.45) is 10.2. The van der Waals surface area contributed by atoms with E-state index in [1.807, 2.05) is 11.8 Å². The van der Waals surface area contributed by atoms with Crippen molar-refractivity contribution in [2.45, 2.75) is 43.5 Å². The molecular weight excluding hydrogens is 314 g/mol. The Balaban J connectivity index is 1.64. The summed E-state index contributed by atoms with van der Waals surface area (Å²) in [5, 5.41) is 3.46. The van der Waals surface area contributed by atoms with Crippen LogP contribution >= 0.6 is 11.8 Å². The number of nitrogens with one attached hydrogen (secondary N) is 1. The number of allylic oxidation sites excluding steroid dienone is 2. The van der Waals surface area contributed by atoms with Gasteiger partial charge in [0, 0.05) is 16.5 Å². The van der Waals surface area contributed by atoms with E-state index >= 15 is 0 Å². The van der Waals surface area contributed by atoms with Gasteiger partial charge >= 0.3 is 0 Å². The van der Waals surface area contributed by atoms with Crippen LogP contribution in [0.1, 0.15) is 38.2 Å². The average molecular weight is 342 g/mol. The van der Waals surface area contributed by atoms with E-state index in [-0.39, 0.29) is 0 Å². The van der Waals surface area contributed by atoms with Gasteiger partial charge < -0.3 is 10.1 Å². The van der Waals surface area contributed by atoms with Crippen molar-refractivity contribution in [2.75, 3.05) is 19.4 Å². The van der Waals surface area contributed by atoms with E-state index in [0.717, 1.165) is 29.9 Å². The Bertz CT molecular complexity index is 670. The lowest BCUT2D eigenvalue weighted by atomic mass is 10.1. The number of ether oxygens (including phenoxy) is 1. The van der Waals surface area contributed by atoms with Crippen molar-refractivity contribution in [3.63, 3.8) is 0 Å². The molecule has 0 radical (unpaired) electrons. The van der Waals surface area contributed by atoms with E-state index in [1.54, 1.807) is 5.57 Å². The number of thioether (sulfide) groups is 1. The minimum Gasteiger partial charge on any atom is -0.493 e. The van der Waals surface area contributed by atoms with Crippen LogP contribution in [-0.2, 0) is 0 Å². The predicted octanol–water partition coefficient (Wildman–Crippen LogP) is 4.91. The van der Waals surface area contributed by atoms with Gasteiger partial charge in [-0.3, -0.25) is 0 Å². The van der Waals surface area contributed by atoms with Gasteiger partial charge in [-0.2, -0.15) is 0 Å². The molecule has 1 unspecified atom stereocenters. The van der Waals surface area contributed by atoms with Crippen LogP contribution in [0.3, 0.4) is 0 Å². The summed E-state index contributed by atoms with van der Waals surface area (Å²) in [5.74, 6) is 3.72. The van der Waals surface area contributed by atoms with Crippen molar-refractivity contribution in [3.05, 3.63) is 41.5 Å². The highest BCUT2D eigenvalue weighted by Crippen LogP contribution is 2.44. The maximum absolute atomic E-state index is 6.19. The Labute approximate surface area is 149 Å². The first-order chi connectivity index (χ1) is 11.8. The fourth-order valence-corrected chi connectivity index (χ4v) is 4.11. The molecule has 3 aliphatic rings. The first-order valence-electron chi connectivity index (χ1n) is 9.29. The van der Waals surface area contributed by atoms with Crippen LogP contribution in [0.25, 0.3) is 5.57 Å². The summed E-state index contributed by atoms with van der Waals surface area (Å²) >= 11 is 1.90. The highest BCUT2D eigenvalue weighted by Gasteiger charge is 2.33. The quantitative estimate of drug-likeness (QED) is 0.679. The molecule has 0 heterocycles. The summed E-state index contributed by atoms with van der Waals surface area (Å²) < 4.78 is 6.19. The van der Waals surface area contributed by atoms with Crippen LogP contribution < -0.4 is 10.1 Å². The van der Waals surface area contributed by atoms with Crippen LogP contribution in [0.4, 0.5) is 0 Å². The normalized spacial score (nSPS) is 23.2. The zero-order chi connectivity index (χ0) is 16.5. The number of likely N-dealkylation sites (N-methyl/N-ethyl adjacent to an activating group) is 1. The number of hydrogen-bond donors (Lipinski definition) is 1. The second kappa shape index (κ2) is 6.97. The molecule has 0 aliphatic heterocycles. The molecule has 0 amide bonds. The third-order valence-electron chi connectivity index (χ3n) is 5.13. The standard InChI is InChI=1S/C21H27NOS/c1-3-24-17-8-9-21(23-13-14-4-5-14)19(12-17)16-10-18(15-6-7-15)20(11-16)22-2/h8-12,14-15,20,22H,3-7,13H2,1-2H3. The summed E-state index contributed by atoms with van der Waals surface area (Å²) in [6, 6.07) is 7.09. The molecule has 1 N–H and O–H groups in total. The maximum atomic E-state index is 6.19. The largest absolute Gasteiger partial charge is 0.493 e. The van der Waals surface area contributed by atoms with Gasteiger partial charge in [0.05, 0.1) is 6.61 Å². The Morgan fingerprint density at radius 1 is 1.21 bits per heavy atom. The van der Waals surface area contributed by atoms with Gasteiger partial charge in [-0.05, 0) is 79.7 Å². The van der Waals surface area contributed by atoms with Gasteiger partial charge in [-0.15, -0.1) is 11.8 Å². The van der Waals surface area contributed by atoms with E-state index < -0.39 is 0 Å². The first kappa shape index (κ1) is 16.3. The molecule has 1 aromatic rings. The van der Waals surface area contributed by atoms with Gasteiger partial charge in [0.15, 0.2) is 0 Å². The molecule has 1 aromatic carbocycles. The molecule has 0 bridgehead atoms. The highest BCUT2D eigenvalue weighted by molar-refractivity contribution is 7.99. The zero-order valence-corrected chi connectivity index (χ0v) is 15.5. The molecule has 0 spiro atoms. The molecule has 2 fully saturated rings. The minimum atomic E-state index is 0.395. The van der Waals surface area contributed by atoms with Gasteiger partial charge in [0.1, 0.15) is 5.75 Å². The smallest absolute Gasteiger partial charge is 0.127 e. The van der Waals surface area contributed by atoms with Crippen LogP contribution in [-0.4, -0.2) is 25.4 Å². The molecule has 0 aromatic heterocycles. The molecular formula is C21H27NOS. The van der Waals surface area contributed by atoms with E-state index in [4.69, 9.17) is 4.74 Å². The molecule has 1 atom stereocenters. The second-order valence-electron chi connectivity index (χ2n) is 7.15. The van der Waals surface area contributed by atoms with Crippen LogP contribution in [0, 0.1) is 11.8 Å². The Morgan fingerprint density at radius 3 is 2.71 bits per heavy atom. The molecule has 2 saturated carbocycles. The van der Waals surface area contributed by atoms with Crippen LogP contribution in [0.15, 0.2) is 40.8 Å². The van der Waals surface area contributed by atoms with Crippen molar-refractivity contribution in [2.24, 2.45) is 11.8 Å². The molecule has 3 heteroatoms. The fourth-order valence-electron chi connectivity index (χ4n) is 3.41. The van der Waals surface area contributed by atoms with Gasteiger partial charge in [-0.1, -0.05) is 19.1 Å². The van der Waals surface area contributed by atoms with E-state index in [0.29, 0.717) is 6.04 Å². The van der Waals surface area contributed by atoms with Gasteiger partial charge in [-0.25, -0.2) is 0 Å². The summed E-state index contributed by atoms with van der Waals surface area (Å²) in [5.41, 5.74) is 4.17. The third-order valence-corrected chi connectivity index (χ3v) is 6.01. The van der Waals surface area contributed by atoms with E-state index in [1.165, 1.54) is 41.7 Å². The summed E-state index contributed by atoms with van der Waals surface area (Å²) in [6.45, 7) is 3.08. The molecule has 0 saturated heterocycles. The topological polar surface area (TPSA) is 21.3 Å². The summed E-state index contributed by atoms with van der Waals surface area (Å²) in [4.78, 5) is 1.33. The SMILES string of the molecule is CCSc1ccc(OCC2CC2)c(C2=CC(NC)C(C3CC3)=C2)c1. The minimum absolute atomic E-state index is 0.395. The van der Waals surface area contributed by atoms with Crippen LogP contribution in [0.2, 0.25) is 0 Å². The highest BCUT2D eigenvalue weighted by atomic mass is 32.2. The average Bonchev–Trinajstić information content (AvgIpc) is 3.52. The monoisotopic (exact) mass is 341 g/mol. The number of benzene rings is 1. The zero-order valence-electron chi connectivity index (χ0n) is 14.7. The van der Waals surface area contributed by atoms with Crippen molar-refractivity contribution in [1.82, 2.24) is 5.32 Å². The fraction of sp³-hybridized carbons (Fsp3) is 0.524. The maximum Gasteiger partial charge on any atom is 0.127 e. The molecule has 3 aliphatic carbocycles. The van der Waals surface area contributed by atoms with E-state index in [9.17, 15) is 0 Å². The van der Waals surface area contributed by atoms with Crippen molar-refractivity contribution in [1.29, 1.82) is 0 Å². The Kier molecular flexibility index (Phi) is 4.73. The third kappa shape index (κ3) is 3.57. The van der Waals surface area contributed by atoms with Crippen molar-refractivity contribution in [3.8, 4) is 5.75 Å². The molecule has 128 valence electrons. The lowest BCUT2D eigenvalue weighted by molar-refractivity contribution is 0.299. The Morgan fingerprint density at radius 2 is 2.04 bits per heavy atom. The first-order valence-corrected chi connectivity index (χ1v) is 10.3. The molecule has 2 nitrogen and oxygen atoms in total. The van der Waals surface area contributed by atoms with E-state index in [2.05, 4.69) is 49.6 Å².